The summed E-state index contributed by atoms with van der Waals surface area (Å²) in [5.41, 5.74) is -0.962. The van der Waals surface area contributed by atoms with Gasteiger partial charge in [0, 0.05) is 11.1 Å². The first-order valence-electron chi connectivity index (χ1n) is 8.97. The number of carbonyl (C=O) groups is 1. The van der Waals surface area contributed by atoms with Gasteiger partial charge in [-0.1, -0.05) is 30.3 Å². The molecule has 0 aromatic heterocycles. The number of benzene rings is 3. The number of anilines is 2. The predicted octanol–water partition coefficient (Wildman–Crippen LogP) is 4.66. The molecule has 4 rings (SSSR count). The molecule has 1 heterocycles. The monoisotopic (exact) mass is 450 g/mol. The highest BCUT2D eigenvalue weighted by Crippen LogP contribution is 2.43. The van der Waals surface area contributed by atoms with Gasteiger partial charge in [0.25, 0.3) is 10.0 Å². The molecule has 0 fully saturated rings. The lowest BCUT2D eigenvalue weighted by Crippen LogP contribution is -2.40. The maximum Gasteiger partial charge on any atom is 0.418 e. The van der Waals surface area contributed by atoms with E-state index < -0.39 is 45.7 Å². The number of nitrogens with one attached hydrogen (secondary N) is 1. The molecule has 0 spiro atoms. The molecular weight excluding hydrogens is 436 g/mol. The molecule has 0 saturated carbocycles. The van der Waals surface area contributed by atoms with E-state index in [0.29, 0.717) is 0 Å². The Hall–Kier alpha value is -3.40. The van der Waals surface area contributed by atoms with Crippen LogP contribution in [0.4, 0.5) is 28.9 Å². The highest BCUT2D eigenvalue weighted by Gasteiger charge is 2.37. The summed E-state index contributed by atoms with van der Waals surface area (Å²) in [5, 5.41) is 2.13. The molecule has 1 aliphatic rings. The smallest absolute Gasteiger partial charge is 0.324 e. The first-order valence-corrected chi connectivity index (χ1v) is 10.4. The summed E-state index contributed by atoms with van der Waals surface area (Å²) >= 11 is 0. The van der Waals surface area contributed by atoms with Crippen LogP contribution in [0.1, 0.15) is 5.56 Å². The molecule has 10 heteroatoms. The van der Waals surface area contributed by atoms with Crippen molar-refractivity contribution >= 4 is 27.3 Å². The summed E-state index contributed by atoms with van der Waals surface area (Å²) in [6.07, 6.45) is -4.70. The molecular formula is C21H14F4N2O3S. The molecule has 5 nitrogen and oxygen atoms in total. The van der Waals surface area contributed by atoms with Crippen LogP contribution in [0.5, 0.6) is 0 Å². The van der Waals surface area contributed by atoms with Gasteiger partial charge in [-0.3, -0.25) is 9.10 Å². The van der Waals surface area contributed by atoms with Gasteiger partial charge in [0.15, 0.2) is 0 Å². The first-order chi connectivity index (χ1) is 14.6. The average Bonchev–Trinajstić information content (AvgIpc) is 2.71. The summed E-state index contributed by atoms with van der Waals surface area (Å²) in [6, 6.07) is 13.7. The minimum atomic E-state index is -4.70. The van der Waals surface area contributed by atoms with Crippen molar-refractivity contribution < 1.29 is 30.8 Å². The number of para-hydroxylation sites is 1. The molecule has 0 radical (unpaired) electrons. The fourth-order valence-electron chi connectivity index (χ4n) is 3.43. The Labute approximate surface area is 175 Å². The van der Waals surface area contributed by atoms with Crippen LogP contribution in [0.2, 0.25) is 0 Å². The third kappa shape index (κ3) is 3.74. The van der Waals surface area contributed by atoms with Crippen LogP contribution in [0.3, 0.4) is 0 Å². The number of hydrogen-bond acceptors (Lipinski definition) is 3. The second-order valence-electron chi connectivity index (χ2n) is 6.76. The van der Waals surface area contributed by atoms with Gasteiger partial charge in [0.05, 0.1) is 21.8 Å². The largest absolute Gasteiger partial charge is 0.418 e. The van der Waals surface area contributed by atoms with Crippen molar-refractivity contribution in [3.05, 3.63) is 78.1 Å². The second kappa shape index (κ2) is 7.38. The van der Waals surface area contributed by atoms with E-state index in [1.807, 2.05) is 0 Å². The highest BCUT2D eigenvalue weighted by molar-refractivity contribution is 7.93. The number of nitrogens with zero attached hydrogens (tertiary/aromatic N) is 1. The van der Waals surface area contributed by atoms with Crippen LogP contribution in [-0.4, -0.2) is 20.9 Å². The topological polar surface area (TPSA) is 66.5 Å². The number of sulfonamides is 1. The van der Waals surface area contributed by atoms with E-state index in [1.54, 1.807) is 6.07 Å². The summed E-state index contributed by atoms with van der Waals surface area (Å²) in [4.78, 5) is 12.4. The average molecular weight is 450 g/mol. The zero-order valence-corrected chi connectivity index (χ0v) is 16.5. The lowest BCUT2D eigenvalue weighted by Gasteiger charge is -2.31. The number of alkyl halides is 3. The van der Waals surface area contributed by atoms with Crippen LogP contribution in [0, 0.1) is 5.82 Å². The molecule has 3 aromatic rings. The number of halogens is 4. The number of fused-ring (bicyclic) bond motifs is 3. The van der Waals surface area contributed by atoms with Gasteiger partial charge in [0.2, 0.25) is 5.91 Å². The van der Waals surface area contributed by atoms with Gasteiger partial charge in [0.1, 0.15) is 12.4 Å². The van der Waals surface area contributed by atoms with Crippen molar-refractivity contribution in [1.29, 1.82) is 0 Å². The molecule has 160 valence electrons. The van der Waals surface area contributed by atoms with Crippen LogP contribution < -0.4 is 9.62 Å². The van der Waals surface area contributed by atoms with Crippen molar-refractivity contribution in [2.75, 3.05) is 16.2 Å². The van der Waals surface area contributed by atoms with Crippen LogP contribution >= 0.6 is 0 Å². The lowest BCUT2D eigenvalue weighted by molar-refractivity contribution is -0.137. The zero-order valence-electron chi connectivity index (χ0n) is 15.7. The number of carbonyl (C=O) groups excluding carboxylic acids is 1. The van der Waals surface area contributed by atoms with Crippen molar-refractivity contribution in [2.24, 2.45) is 0 Å². The van der Waals surface area contributed by atoms with Gasteiger partial charge < -0.3 is 5.32 Å². The van der Waals surface area contributed by atoms with Crippen molar-refractivity contribution in [3.8, 4) is 11.1 Å². The molecule has 0 bridgehead atoms. The van der Waals surface area contributed by atoms with Crippen molar-refractivity contribution in [3.63, 3.8) is 0 Å². The van der Waals surface area contributed by atoms with Crippen LogP contribution in [0.25, 0.3) is 11.1 Å². The maximum absolute atomic E-state index is 13.9. The second-order valence-corrected chi connectivity index (χ2v) is 8.59. The Kier molecular flexibility index (Phi) is 4.97. The first kappa shape index (κ1) is 20.9. The Morgan fingerprint density at radius 2 is 1.61 bits per heavy atom. The minimum Gasteiger partial charge on any atom is -0.324 e. The Morgan fingerprint density at radius 1 is 0.935 bits per heavy atom. The SMILES string of the molecule is O=C(CN1c2ccc(F)cc2-c2ccccc2S1(=O)=O)Nc1ccccc1C(F)(F)F. The fraction of sp³-hybridized carbons (Fsp3) is 0.0952. The van der Waals surface area contributed by atoms with Crippen molar-refractivity contribution in [2.45, 2.75) is 11.1 Å². The molecule has 0 atom stereocenters. The van der Waals surface area contributed by atoms with Gasteiger partial charge >= 0.3 is 6.18 Å². The summed E-state index contributed by atoms with van der Waals surface area (Å²) in [7, 11) is -4.21. The minimum absolute atomic E-state index is 0.0550. The highest BCUT2D eigenvalue weighted by atomic mass is 32.2. The van der Waals surface area contributed by atoms with E-state index in [2.05, 4.69) is 5.32 Å². The number of rotatable bonds is 3. The third-order valence-electron chi connectivity index (χ3n) is 4.77. The van der Waals surface area contributed by atoms with E-state index in [-0.39, 0.29) is 21.7 Å². The van der Waals surface area contributed by atoms with E-state index in [9.17, 15) is 30.8 Å². The molecule has 0 saturated heterocycles. The van der Waals surface area contributed by atoms with Crippen LogP contribution in [-0.2, 0) is 21.0 Å². The molecule has 1 amide bonds. The van der Waals surface area contributed by atoms with E-state index in [0.717, 1.165) is 28.6 Å². The predicted molar refractivity (Wildman–Crippen MR) is 106 cm³/mol. The quantitative estimate of drug-likeness (QED) is 0.591. The Balaban J connectivity index is 1.72. The summed E-state index contributed by atoms with van der Waals surface area (Å²) in [6.45, 7) is -0.790. The summed E-state index contributed by atoms with van der Waals surface area (Å²) in [5.74, 6) is -1.58. The standard InChI is InChI=1S/C21H14F4N2O3S/c22-13-9-10-18-15(11-13)14-5-1-4-8-19(14)31(29,30)27(18)12-20(28)26-17-7-3-2-6-16(17)21(23,24)25/h1-11H,12H2,(H,26,28). The zero-order chi connectivity index (χ0) is 22.4. The molecule has 3 aromatic carbocycles. The number of amides is 1. The van der Waals surface area contributed by atoms with Crippen LogP contribution in [0.15, 0.2) is 71.6 Å². The molecule has 0 aliphatic carbocycles. The van der Waals surface area contributed by atoms with Gasteiger partial charge in [-0.2, -0.15) is 13.2 Å². The number of hydrogen-bond donors (Lipinski definition) is 1. The lowest BCUT2D eigenvalue weighted by atomic mass is 10.0. The third-order valence-corrected chi connectivity index (χ3v) is 6.58. The normalized spacial score (nSPS) is 14.5. The maximum atomic E-state index is 13.9. The van der Waals surface area contributed by atoms with Gasteiger partial charge in [-0.15, -0.1) is 0 Å². The van der Waals surface area contributed by atoms with Gasteiger partial charge in [-0.05, 0) is 36.4 Å². The van der Waals surface area contributed by atoms with E-state index in [1.165, 1.54) is 36.4 Å². The van der Waals surface area contributed by atoms with E-state index >= 15 is 0 Å². The molecule has 1 N–H and O–H groups in total. The fourth-order valence-corrected chi connectivity index (χ4v) is 5.08. The van der Waals surface area contributed by atoms with E-state index in [4.69, 9.17) is 0 Å². The van der Waals surface area contributed by atoms with Gasteiger partial charge in [-0.25, -0.2) is 12.8 Å². The molecule has 0 unspecified atom stereocenters. The molecule has 1 aliphatic heterocycles. The Bertz CT molecular complexity index is 1290. The molecule has 31 heavy (non-hydrogen) atoms. The van der Waals surface area contributed by atoms with Crippen molar-refractivity contribution in [1.82, 2.24) is 0 Å². The summed E-state index contributed by atoms with van der Waals surface area (Å²) < 4.78 is 80.5. The Morgan fingerprint density at radius 3 is 2.35 bits per heavy atom.